The number of nitrogens with zero attached hydrogens (tertiary/aromatic N) is 4. The molecule has 31 heavy (non-hydrogen) atoms. The number of aromatic nitrogens is 2. The second-order valence-electron chi connectivity index (χ2n) is 7.71. The molecule has 0 aliphatic carbocycles. The zero-order chi connectivity index (χ0) is 22.0. The van der Waals surface area contributed by atoms with Gasteiger partial charge in [0.05, 0.1) is 14.8 Å². The van der Waals surface area contributed by atoms with E-state index in [0.717, 1.165) is 46.4 Å². The fourth-order valence-electron chi connectivity index (χ4n) is 3.32. The minimum absolute atomic E-state index is 0.0930. The maximum Gasteiger partial charge on any atom is 0.323 e. The smallest absolute Gasteiger partial charge is 0.323 e. The van der Waals surface area contributed by atoms with Crippen LogP contribution in [-0.2, 0) is 0 Å². The van der Waals surface area contributed by atoms with E-state index in [2.05, 4.69) is 71.2 Å². The van der Waals surface area contributed by atoms with Crippen LogP contribution in [0.3, 0.4) is 0 Å². The van der Waals surface area contributed by atoms with Gasteiger partial charge in [-0.15, -0.1) is 0 Å². The Bertz CT molecular complexity index is 1190. The normalized spacial score (nSPS) is 15.3. The van der Waals surface area contributed by atoms with Crippen LogP contribution in [0, 0.1) is 13.8 Å². The van der Waals surface area contributed by atoms with Crippen LogP contribution in [0.4, 0.5) is 20.7 Å². The number of piperazine rings is 1. The van der Waals surface area contributed by atoms with Gasteiger partial charge in [-0.05, 0) is 38.6 Å². The van der Waals surface area contributed by atoms with Crippen molar-refractivity contribution in [3.05, 3.63) is 50.3 Å². The summed E-state index contributed by atoms with van der Waals surface area (Å²) in [5, 5.41) is 8.41. The van der Waals surface area contributed by atoms with Gasteiger partial charge >= 0.3 is 6.03 Å². The van der Waals surface area contributed by atoms with Crippen molar-refractivity contribution in [1.82, 2.24) is 19.8 Å². The number of aryl methyl sites for hydroxylation is 2. The largest absolute Gasteiger partial charge is 0.331 e. The summed E-state index contributed by atoms with van der Waals surface area (Å²) in [6.07, 6.45) is 3.77. The molecule has 1 aromatic carbocycles. The van der Waals surface area contributed by atoms with Crippen LogP contribution in [0.2, 0.25) is 0 Å². The average molecular weight is 455 g/mol. The highest BCUT2D eigenvalue weighted by Gasteiger charge is 2.19. The summed E-state index contributed by atoms with van der Waals surface area (Å²) in [6, 6.07) is 6.20. The van der Waals surface area contributed by atoms with Crippen molar-refractivity contribution in [2.45, 2.75) is 13.8 Å². The number of rotatable bonds is 4. The summed E-state index contributed by atoms with van der Waals surface area (Å²) in [7, 11) is 2.07. The number of nitrogens with one attached hydrogen (secondary N) is 2. The fourth-order valence-corrected chi connectivity index (χ4v) is 5.02. The first kappa shape index (κ1) is 21.5. The van der Waals surface area contributed by atoms with Crippen LogP contribution in [0.25, 0.3) is 12.7 Å². The molecule has 1 saturated heterocycles. The topological polar surface area (TPSA) is 73.4 Å². The van der Waals surface area contributed by atoms with Crippen LogP contribution in [0.5, 0.6) is 0 Å². The van der Waals surface area contributed by atoms with Crippen molar-refractivity contribution in [2.75, 3.05) is 43.9 Å². The van der Waals surface area contributed by atoms with Crippen molar-refractivity contribution in [1.29, 1.82) is 0 Å². The van der Waals surface area contributed by atoms with E-state index in [1.807, 2.05) is 11.0 Å². The predicted octanol–water partition coefficient (Wildman–Crippen LogP) is 2.98. The zero-order valence-electron chi connectivity index (χ0n) is 17.9. The van der Waals surface area contributed by atoms with Crippen LogP contribution in [-0.4, -0.2) is 59.0 Å². The molecule has 0 radical (unpaired) electrons. The molecule has 2 aromatic heterocycles. The van der Waals surface area contributed by atoms with Crippen LogP contribution < -0.4 is 20.5 Å². The van der Waals surface area contributed by atoms with Crippen LogP contribution >= 0.6 is 22.7 Å². The Morgan fingerprint density at radius 1 is 1.16 bits per heavy atom. The van der Waals surface area contributed by atoms with Gasteiger partial charge in [-0.3, -0.25) is 5.32 Å². The average Bonchev–Trinajstić information content (AvgIpc) is 3.31. The number of urea groups is 1. The molecule has 162 valence electrons. The van der Waals surface area contributed by atoms with Gasteiger partial charge in [-0.2, -0.15) is 0 Å². The quantitative estimate of drug-likeness (QED) is 0.634. The monoisotopic (exact) mass is 454 g/mol. The molecule has 0 bridgehead atoms. The molecule has 1 aliphatic rings. The number of benzene rings is 1. The molecule has 0 unspecified atom stereocenters. The molecule has 0 atom stereocenters. The number of likely N-dealkylation sites (N-methyl/N-ethyl adjacent to an activating group) is 1. The third kappa shape index (κ3) is 5.30. The number of hydrogen-bond acceptors (Lipinski definition) is 7. The van der Waals surface area contributed by atoms with Gasteiger partial charge in [0, 0.05) is 38.1 Å². The van der Waals surface area contributed by atoms with Crippen molar-refractivity contribution < 1.29 is 4.79 Å². The Labute approximate surface area is 189 Å². The minimum atomic E-state index is -0.0930. The van der Waals surface area contributed by atoms with E-state index in [4.69, 9.17) is 0 Å². The highest BCUT2D eigenvalue weighted by molar-refractivity contribution is 7.17. The van der Waals surface area contributed by atoms with E-state index in [-0.39, 0.29) is 6.03 Å². The molecule has 1 fully saturated rings. The lowest BCUT2D eigenvalue weighted by atomic mass is 10.1. The summed E-state index contributed by atoms with van der Waals surface area (Å²) >= 11 is 2.99. The summed E-state index contributed by atoms with van der Waals surface area (Å²) in [6.45, 7) is 11.5. The van der Waals surface area contributed by atoms with Gasteiger partial charge < -0.3 is 15.1 Å². The summed E-state index contributed by atoms with van der Waals surface area (Å²) in [5.41, 5.74) is 3.45. The van der Waals surface area contributed by atoms with Gasteiger partial charge in [0.1, 0.15) is 0 Å². The van der Waals surface area contributed by atoms with E-state index in [9.17, 15) is 4.79 Å². The molecule has 2 N–H and O–H groups in total. The second kappa shape index (κ2) is 9.17. The maximum absolute atomic E-state index is 12.4. The van der Waals surface area contributed by atoms with E-state index in [1.165, 1.54) is 22.5 Å². The zero-order valence-corrected chi connectivity index (χ0v) is 19.6. The first-order chi connectivity index (χ1) is 14.9. The molecular weight excluding hydrogens is 428 g/mol. The van der Waals surface area contributed by atoms with Gasteiger partial charge in [-0.1, -0.05) is 46.9 Å². The van der Waals surface area contributed by atoms with Crippen LogP contribution in [0.15, 0.2) is 24.4 Å². The number of anilines is 3. The molecule has 3 aromatic rings. The van der Waals surface area contributed by atoms with Gasteiger partial charge in [0.15, 0.2) is 10.3 Å². The van der Waals surface area contributed by atoms with E-state index >= 15 is 0 Å². The van der Waals surface area contributed by atoms with E-state index in [0.29, 0.717) is 10.5 Å². The third-order valence-corrected chi connectivity index (χ3v) is 6.97. The lowest BCUT2D eigenvalue weighted by molar-refractivity contribution is 0.164. The Morgan fingerprint density at radius 3 is 2.68 bits per heavy atom. The lowest BCUT2D eigenvalue weighted by Gasteiger charge is -2.32. The molecule has 0 saturated carbocycles. The lowest BCUT2D eigenvalue weighted by Crippen LogP contribution is -2.48. The highest BCUT2D eigenvalue weighted by atomic mass is 32.1. The van der Waals surface area contributed by atoms with Gasteiger partial charge in [0.2, 0.25) is 0 Å². The van der Waals surface area contributed by atoms with Crippen molar-refractivity contribution in [3.63, 3.8) is 0 Å². The summed E-state index contributed by atoms with van der Waals surface area (Å²) in [4.78, 5) is 26.3. The Balaban J connectivity index is 1.45. The molecular formula is C22H26N6OS2. The molecule has 1 aliphatic heterocycles. The van der Waals surface area contributed by atoms with Crippen LogP contribution in [0.1, 0.15) is 16.0 Å². The molecule has 4 rings (SSSR count). The van der Waals surface area contributed by atoms with E-state index < -0.39 is 0 Å². The highest BCUT2D eigenvalue weighted by Crippen LogP contribution is 2.22. The van der Waals surface area contributed by atoms with Gasteiger partial charge in [0.25, 0.3) is 0 Å². The SMILES string of the molecule is C=c1nc(Nc2ccc(C)cc2C)s/c1=C\c1cnc(NC(=O)N2CCN(C)CC2)s1. The molecule has 2 amide bonds. The number of thiazole rings is 2. The Hall–Kier alpha value is -2.75. The summed E-state index contributed by atoms with van der Waals surface area (Å²) in [5.74, 6) is 0. The molecule has 3 heterocycles. The van der Waals surface area contributed by atoms with Crippen molar-refractivity contribution >= 4 is 57.3 Å². The maximum atomic E-state index is 12.4. The minimum Gasteiger partial charge on any atom is -0.331 e. The van der Waals surface area contributed by atoms with Gasteiger partial charge in [-0.25, -0.2) is 14.8 Å². The number of carbonyl (C=O) groups excluding carboxylic acids is 1. The number of amides is 2. The second-order valence-corrected chi connectivity index (χ2v) is 9.80. The first-order valence-corrected chi connectivity index (χ1v) is 11.7. The molecule has 7 nitrogen and oxygen atoms in total. The first-order valence-electron chi connectivity index (χ1n) is 10.1. The third-order valence-electron chi connectivity index (χ3n) is 5.15. The van der Waals surface area contributed by atoms with Crippen molar-refractivity contribution in [3.8, 4) is 0 Å². The summed E-state index contributed by atoms with van der Waals surface area (Å²) < 4.78 is 0.966. The standard InChI is InChI=1S/C22H26N6OS2/c1-14-5-6-18(15(2)11-14)25-21-24-16(3)19(31-21)12-17-13-23-20(30-17)26-22(29)28-9-7-27(4)8-10-28/h5-6,11-13H,3,7-10H2,1-2,4H3,(H,24,25)(H,23,26,29)/b19-12-. The number of carbonyl (C=O) groups is 1. The molecule has 9 heteroatoms. The Kier molecular flexibility index (Phi) is 6.35. The van der Waals surface area contributed by atoms with Crippen molar-refractivity contribution in [2.24, 2.45) is 0 Å². The predicted molar refractivity (Wildman–Crippen MR) is 130 cm³/mol. The molecule has 0 spiro atoms. The Morgan fingerprint density at radius 2 is 1.94 bits per heavy atom. The van der Waals surface area contributed by atoms with E-state index in [1.54, 1.807) is 17.5 Å². The fraction of sp³-hybridized carbons (Fsp3) is 0.318. The number of hydrogen-bond donors (Lipinski definition) is 2.